The molecule has 0 aliphatic heterocycles. The molecule has 0 saturated heterocycles. The Labute approximate surface area is 146 Å². The van der Waals surface area contributed by atoms with Gasteiger partial charge in [0.05, 0.1) is 5.02 Å². The number of hydrogen-bond acceptors (Lipinski definition) is 3. The van der Waals surface area contributed by atoms with E-state index in [0.29, 0.717) is 22.6 Å². The van der Waals surface area contributed by atoms with Gasteiger partial charge in [0.15, 0.2) is 5.78 Å². The minimum atomic E-state index is -0.500. The quantitative estimate of drug-likeness (QED) is 0.672. The first-order valence-corrected chi connectivity index (χ1v) is 7.81. The molecule has 3 rings (SSSR count). The maximum atomic E-state index is 11.6. The number of nitrogens with two attached hydrogens (primary N) is 1. The molecule has 0 saturated carbocycles. The standard InChI is InChI=1S/C16H11BrClNO2.CH2O/c1-7(20)8-2-3-10-9(4-8)5-11-12(16(19)21)6-13(18)15(17)14(10)11;1-2/h2-4,6H,5H2,1H3,(H2,19,21);1H2. The predicted octanol–water partition coefficient (Wildman–Crippen LogP) is 3.79. The molecule has 0 spiro atoms. The Kier molecular flexibility index (Phi) is 5.02. The predicted molar refractivity (Wildman–Crippen MR) is 93.0 cm³/mol. The summed E-state index contributed by atoms with van der Waals surface area (Å²) in [5, 5.41) is 0.450. The molecule has 1 aliphatic carbocycles. The molecule has 0 aromatic heterocycles. The number of carbonyl (C=O) groups is 3. The van der Waals surface area contributed by atoms with E-state index in [0.717, 1.165) is 26.7 Å². The third kappa shape index (κ3) is 2.94. The fourth-order valence-corrected chi connectivity index (χ4v) is 3.51. The molecule has 2 N–H and O–H groups in total. The fraction of sp³-hybridized carbons (Fsp3) is 0.118. The third-order valence-electron chi connectivity index (χ3n) is 3.74. The Morgan fingerprint density at radius 1 is 1.26 bits per heavy atom. The molecule has 2 aromatic carbocycles. The molecule has 0 heterocycles. The van der Waals surface area contributed by atoms with E-state index in [1.54, 1.807) is 12.1 Å². The topological polar surface area (TPSA) is 77.2 Å². The first-order valence-electron chi connectivity index (χ1n) is 6.64. The Hall–Kier alpha value is -1.98. The lowest BCUT2D eigenvalue weighted by atomic mass is 10.0. The first kappa shape index (κ1) is 17.4. The van der Waals surface area contributed by atoms with Crippen molar-refractivity contribution in [2.75, 3.05) is 0 Å². The number of carbonyl (C=O) groups excluding carboxylic acids is 3. The van der Waals surface area contributed by atoms with E-state index in [9.17, 15) is 9.59 Å². The van der Waals surface area contributed by atoms with Crippen LogP contribution in [-0.2, 0) is 11.2 Å². The van der Waals surface area contributed by atoms with E-state index in [-0.39, 0.29) is 5.78 Å². The van der Waals surface area contributed by atoms with Crippen molar-refractivity contribution in [2.24, 2.45) is 5.73 Å². The van der Waals surface area contributed by atoms with E-state index in [1.807, 2.05) is 18.9 Å². The zero-order valence-corrected chi connectivity index (χ0v) is 14.6. The summed E-state index contributed by atoms with van der Waals surface area (Å²) in [7, 11) is 0. The lowest BCUT2D eigenvalue weighted by molar-refractivity contribution is -0.0980. The Bertz CT molecular complexity index is 833. The third-order valence-corrected chi connectivity index (χ3v) is 5.09. The van der Waals surface area contributed by atoms with Crippen LogP contribution in [0, 0.1) is 0 Å². The van der Waals surface area contributed by atoms with Crippen molar-refractivity contribution in [3.63, 3.8) is 0 Å². The van der Waals surface area contributed by atoms with Gasteiger partial charge in [-0.1, -0.05) is 23.7 Å². The normalized spacial score (nSPS) is 11.1. The van der Waals surface area contributed by atoms with Crippen LogP contribution < -0.4 is 5.73 Å². The summed E-state index contributed by atoms with van der Waals surface area (Å²) in [4.78, 5) is 31.2. The van der Waals surface area contributed by atoms with Gasteiger partial charge in [0.2, 0.25) is 5.91 Å². The van der Waals surface area contributed by atoms with Crippen molar-refractivity contribution >= 4 is 46.0 Å². The Balaban J connectivity index is 0.000000924. The minimum Gasteiger partial charge on any atom is -0.366 e. The summed E-state index contributed by atoms with van der Waals surface area (Å²) in [6, 6.07) is 7.13. The summed E-state index contributed by atoms with van der Waals surface area (Å²) < 4.78 is 0.749. The van der Waals surface area contributed by atoms with E-state index < -0.39 is 5.91 Å². The van der Waals surface area contributed by atoms with Crippen LogP contribution in [0.5, 0.6) is 0 Å². The van der Waals surface area contributed by atoms with Gasteiger partial charge in [0.1, 0.15) is 6.79 Å². The van der Waals surface area contributed by atoms with Crippen LogP contribution >= 0.6 is 27.5 Å². The average Bonchev–Trinajstić information content (AvgIpc) is 2.91. The number of hydrogen-bond donors (Lipinski definition) is 1. The number of amides is 1. The number of ketones is 1. The van der Waals surface area contributed by atoms with E-state index in [2.05, 4.69) is 15.9 Å². The van der Waals surface area contributed by atoms with Gasteiger partial charge in [0.25, 0.3) is 0 Å². The molecule has 6 heteroatoms. The highest BCUT2D eigenvalue weighted by atomic mass is 79.9. The van der Waals surface area contributed by atoms with Crippen molar-refractivity contribution in [1.82, 2.24) is 0 Å². The van der Waals surface area contributed by atoms with Gasteiger partial charge in [-0.15, -0.1) is 0 Å². The summed E-state index contributed by atoms with van der Waals surface area (Å²) in [5.74, 6) is -0.485. The summed E-state index contributed by atoms with van der Waals surface area (Å²) in [6.07, 6.45) is 0.569. The number of rotatable bonds is 2. The molecule has 1 amide bonds. The van der Waals surface area contributed by atoms with Crippen molar-refractivity contribution in [3.8, 4) is 11.1 Å². The SMILES string of the molecule is C=O.CC(=O)c1ccc2c(c1)Cc1c(C(N)=O)cc(Cl)c(Br)c1-2. The second kappa shape index (κ2) is 6.64. The summed E-state index contributed by atoms with van der Waals surface area (Å²) in [6.45, 7) is 3.53. The smallest absolute Gasteiger partial charge is 0.249 e. The van der Waals surface area contributed by atoms with Gasteiger partial charge in [-0.2, -0.15) is 0 Å². The maximum absolute atomic E-state index is 11.6. The summed E-state index contributed by atoms with van der Waals surface area (Å²) in [5.41, 5.74) is 10.3. The molecule has 2 aromatic rings. The Morgan fingerprint density at radius 3 is 2.48 bits per heavy atom. The molecule has 0 atom stereocenters. The van der Waals surface area contributed by atoms with Crippen LogP contribution in [0.15, 0.2) is 28.7 Å². The van der Waals surface area contributed by atoms with Gasteiger partial charge in [-0.05, 0) is 58.1 Å². The zero-order valence-electron chi connectivity index (χ0n) is 12.3. The number of fused-ring (bicyclic) bond motifs is 3. The second-order valence-corrected chi connectivity index (χ2v) is 6.24. The number of primary amides is 1. The lowest BCUT2D eigenvalue weighted by Gasteiger charge is -2.10. The maximum Gasteiger partial charge on any atom is 0.249 e. The minimum absolute atomic E-state index is 0.0148. The van der Waals surface area contributed by atoms with Crippen molar-refractivity contribution < 1.29 is 14.4 Å². The van der Waals surface area contributed by atoms with Gasteiger partial charge >= 0.3 is 0 Å². The van der Waals surface area contributed by atoms with Crippen molar-refractivity contribution in [3.05, 3.63) is 56.0 Å². The molecule has 0 bridgehead atoms. The van der Waals surface area contributed by atoms with Gasteiger partial charge in [0, 0.05) is 21.2 Å². The van der Waals surface area contributed by atoms with Crippen LogP contribution in [0.4, 0.5) is 0 Å². The van der Waals surface area contributed by atoms with Crippen molar-refractivity contribution in [2.45, 2.75) is 13.3 Å². The largest absolute Gasteiger partial charge is 0.366 e. The van der Waals surface area contributed by atoms with E-state index >= 15 is 0 Å². The highest BCUT2D eigenvalue weighted by Gasteiger charge is 2.27. The Morgan fingerprint density at radius 2 is 1.91 bits per heavy atom. The number of halogens is 2. The van der Waals surface area contributed by atoms with Gasteiger partial charge in [-0.3, -0.25) is 9.59 Å². The van der Waals surface area contributed by atoms with Crippen LogP contribution in [0.3, 0.4) is 0 Å². The van der Waals surface area contributed by atoms with Gasteiger partial charge in [-0.25, -0.2) is 0 Å². The van der Waals surface area contributed by atoms with Crippen molar-refractivity contribution in [1.29, 1.82) is 0 Å². The highest BCUT2D eigenvalue weighted by Crippen LogP contribution is 2.46. The molecule has 0 fully saturated rings. The molecule has 4 nitrogen and oxygen atoms in total. The highest BCUT2D eigenvalue weighted by molar-refractivity contribution is 9.10. The monoisotopic (exact) mass is 393 g/mol. The molecular formula is C17H13BrClNO3. The fourth-order valence-electron chi connectivity index (χ4n) is 2.74. The van der Waals surface area contributed by atoms with E-state index in [4.69, 9.17) is 22.1 Å². The zero-order chi connectivity index (χ0) is 17.3. The van der Waals surface area contributed by atoms with Crippen LogP contribution in [-0.4, -0.2) is 18.5 Å². The van der Waals surface area contributed by atoms with Crippen LogP contribution in [0.1, 0.15) is 38.8 Å². The number of Topliss-reactive ketones (excluding diaryl/α,β-unsaturated/α-hetero) is 1. The molecule has 23 heavy (non-hydrogen) atoms. The summed E-state index contributed by atoms with van der Waals surface area (Å²) >= 11 is 9.66. The van der Waals surface area contributed by atoms with E-state index in [1.165, 1.54) is 6.92 Å². The van der Waals surface area contributed by atoms with Crippen LogP contribution in [0.2, 0.25) is 5.02 Å². The molecule has 0 unspecified atom stereocenters. The molecule has 118 valence electrons. The number of benzene rings is 2. The molecule has 0 radical (unpaired) electrons. The lowest BCUT2D eigenvalue weighted by Crippen LogP contribution is -2.13. The molecular weight excluding hydrogens is 382 g/mol. The second-order valence-electron chi connectivity index (χ2n) is 5.04. The van der Waals surface area contributed by atoms with Crippen LogP contribution in [0.25, 0.3) is 11.1 Å². The molecule has 1 aliphatic rings. The average molecular weight is 395 g/mol. The van der Waals surface area contributed by atoms with Gasteiger partial charge < -0.3 is 10.5 Å². The first-order chi connectivity index (χ1) is 10.9.